The van der Waals surface area contributed by atoms with Crippen LogP contribution in [0.3, 0.4) is 0 Å². The molecule has 146 valence electrons. The fraction of sp³-hybridized carbons (Fsp3) is 0.227. The Morgan fingerprint density at radius 2 is 1.76 bits per heavy atom. The maximum absolute atomic E-state index is 5.26. The van der Waals surface area contributed by atoms with Gasteiger partial charge in [0.05, 0.1) is 36.1 Å². The highest BCUT2D eigenvalue weighted by Gasteiger charge is 2.33. The zero-order valence-corrected chi connectivity index (χ0v) is 16.6. The third-order valence-corrected chi connectivity index (χ3v) is 5.28. The summed E-state index contributed by atoms with van der Waals surface area (Å²) in [6.07, 6.45) is 3.96. The van der Waals surface area contributed by atoms with Crippen molar-refractivity contribution in [2.75, 3.05) is 23.6 Å². The molecule has 0 atom stereocenters. The lowest BCUT2D eigenvalue weighted by atomic mass is 10.1. The number of aliphatic imine (C=N–C) groups is 1. The molecule has 0 saturated heterocycles. The fourth-order valence-electron chi connectivity index (χ4n) is 3.83. The monoisotopic (exact) mass is 386 g/mol. The number of rotatable bonds is 4. The van der Waals surface area contributed by atoms with Crippen molar-refractivity contribution in [2.45, 2.75) is 19.9 Å². The third kappa shape index (κ3) is 2.77. The SMILES string of the molecule is COc1ccc(-n2nncc2C2=NCN3C2=CN(C(C)C)c2ccccc23)cc1. The second-order valence-electron chi connectivity index (χ2n) is 7.31. The first kappa shape index (κ1) is 17.5. The minimum atomic E-state index is 0.331. The molecule has 0 bridgehead atoms. The van der Waals surface area contributed by atoms with E-state index in [0.717, 1.165) is 28.5 Å². The minimum absolute atomic E-state index is 0.331. The molecule has 29 heavy (non-hydrogen) atoms. The highest BCUT2D eigenvalue weighted by molar-refractivity contribution is 6.16. The van der Waals surface area contributed by atoms with Gasteiger partial charge in [-0.2, -0.15) is 0 Å². The average molecular weight is 386 g/mol. The number of nitrogens with zero attached hydrogens (tertiary/aromatic N) is 6. The highest BCUT2D eigenvalue weighted by Crippen LogP contribution is 2.40. The molecule has 3 aromatic rings. The van der Waals surface area contributed by atoms with Crippen LogP contribution in [0.5, 0.6) is 5.75 Å². The van der Waals surface area contributed by atoms with Crippen molar-refractivity contribution in [1.29, 1.82) is 0 Å². The minimum Gasteiger partial charge on any atom is -0.497 e. The van der Waals surface area contributed by atoms with Crippen LogP contribution in [0.25, 0.3) is 5.69 Å². The molecule has 0 N–H and O–H groups in total. The van der Waals surface area contributed by atoms with Gasteiger partial charge >= 0.3 is 0 Å². The summed E-state index contributed by atoms with van der Waals surface area (Å²) >= 11 is 0. The van der Waals surface area contributed by atoms with Gasteiger partial charge in [0, 0.05) is 12.2 Å². The predicted octanol–water partition coefficient (Wildman–Crippen LogP) is 3.61. The molecular weight excluding hydrogens is 364 g/mol. The molecule has 3 heterocycles. The maximum atomic E-state index is 5.26. The van der Waals surface area contributed by atoms with Gasteiger partial charge in [-0.15, -0.1) is 5.10 Å². The number of benzene rings is 2. The number of para-hydroxylation sites is 2. The maximum Gasteiger partial charge on any atom is 0.119 e. The van der Waals surface area contributed by atoms with Crippen LogP contribution in [-0.4, -0.2) is 40.5 Å². The highest BCUT2D eigenvalue weighted by atomic mass is 16.5. The van der Waals surface area contributed by atoms with E-state index in [1.165, 1.54) is 11.4 Å². The van der Waals surface area contributed by atoms with Crippen LogP contribution in [0.15, 0.2) is 71.6 Å². The van der Waals surface area contributed by atoms with Crippen molar-refractivity contribution in [3.63, 3.8) is 0 Å². The Labute approximate surface area is 169 Å². The molecule has 0 unspecified atom stereocenters. The van der Waals surface area contributed by atoms with Gasteiger partial charge < -0.3 is 14.5 Å². The Hall–Kier alpha value is -3.61. The Morgan fingerprint density at radius 1 is 1.00 bits per heavy atom. The molecule has 0 amide bonds. The van der Waals surface area contributed by atoms with Gasteiger partial charge in [0.15, 0.2) is 0 Å². The number of aromatic nitrogens is 3. The summed E-state index contributed by atoms with van der Waals surface area (Å²) < 4.78 is 7.09. The van der Waals surface area contributed by atoms with Crippen LogP contribution < -0.4 is 14.5 Å². The summed E-state index contributed by atoms with van der Waals surface area (Å²) in [5.74, 6) is 0.805. The van der Waals surface area contributed by atoms with Crippen molar-refractivity contribution in [3.8, 4) is 11.4 Å². The van der Waals surface area contributed by atoms with Crippen molar-refractivity contribution < 1.29 is 4.74 Å². The second-order valence-corrected chi connectivity index (χ2v) is 7.31. The largest absolute Gasteiger partial charge is 0.497 e. The summed E-state index contributed by atoms with van der Waals surface area (Å²) in [7, 11) is 1.66. The topological polar surface area (TPSA) is 58.8 Å². The summed E-state index contributed by atoms with van der Waals surface area (Å²) in [5, 5.41) is 8.47. The van der Waals surface area contributed by atoms with Gasteiger partial charge in [-0.1, -0.05) is 17.3 Å². The van der Waals surface area contributed by atoms with E-state index >= 15 is 0 Å². The molecular formula is C22H22N6O. The van der Waals surface area contributed by atoms with Crippen molar-refractivity contribution >= 4 is 17.1 Å². The van der Waals surface area contributed by atoms with E-state index in [1.807, 2.05) is 28.9 Å². The molecule has 0 spiro atoms. The first-order valence-corrected chi connectivity index (χ1v) is 9.64. The van der Waals surface area contributed by atoms with E-state index in [0.29, 0.717) is 12.7 Å². The second kappa shape index (κ2) is 6.77. The summed E-state index contributed by atoms with van der Waals surface area (Å²) in [6.45, 7) is 4.97. The van der Waals surface area contributed by atoms with Crippen molar-refractivity contribution in [3.05, 3.63) is 72.3 Å². The lowest BCUT2D eigenvalue weighted by Gasteiger charge is -2.36. The molecule has 1 aromatic heterocycles. The van der Waals surface area contributed by atoms with E-state index in [9.17, 15) is 0 Å². The number of methoxy groups -OCH3 is 1. The van der Waals surface area contributed by atoms with Crippen molar-refractivity contribution in [1.82, 2.24) is 15.0 Å². The molecule has 0 fully saturated rings. The molecule has 7 heteroatoms. The van der Waals surface area contributed by atoms with E-state index in [4.69, 9.17) is 9.73 Å². The number of ether oxygens (including phenoxy) is 1. The van der Waals surface area contributed by atoms with Crippen molar-refractivity contribution in [2.24, 2.45) is 4.99 Å². The van der Waals surface area contributed by atoms with Crippen LogP contribution in [0.1, 0.15) is 19.5 Å². The normalized spacial score (nSPS) is 15.2. The quantitative estimate of drug-likeness (QED) is 0.686. The summed E-state index contributed by atoms with van der Waals surface area (Å²) in [4.78, 5) is 9.40. The van der Waals surface area contributed by atoms with Gasteiger partial charge in [0.2, 0.25) is 0 Å². The first-order valence-electron chi connectivity index (χ1n) is 9.64. The molecule has 2 aliphatic heterocycles. The van der Waals surface area contributed by atoms with Crippen LogP contribution >= 0.6 is 0 Å². The number of allylic oxidation sites excluding steroid dienone is 1. The van der Waals surface area contributed by atoms with Gasteiger partial charge in [-0.05, 0) is 50.2 Å². The van der Waals surface area contributed by atoms with Crippen LogP contribution in [-0.2, 0) is 0 Å². The van der Waals surface area contributed by atoms with Gasteiger partial charge in [-0.3, -0.25) is 4.99 Å². The Bertz CT molecular complexity index is 1110. The molecule has 7 nitrogen and oxygen atoms in total. The molecule has 0 saturated carbocycles. The van der Waals surface area contributed by atoms with Gasteiger partial charge in [-0.25, -0.2) is 4.68 Å². The first-order chi connectivity index (χ1) is 14.2. The zero-order valence-electron chi connectivity index (χ0n) is 16.6. The standard InChI is InChI=1S/C22H22N6O/c1-15(2)26-13-21-22(23-14-27(21)19-7-5-4-6-18(19)26)20-12-24-25-28(20)16-8-10-17(29-3)11-9-16/h4-13,15H,14H2,1-3H3. The number of hydrogen-bond donors (Lipinski definition) is 0. The van der Waals surface area contributed by atoms with Gasteiger partial charge in [0.25, 0.3) is 0 Å². The lowest BCUT2D eigenvalue weighted by molar-refractivity contribution is 0.414. The average Bonchev–Trinajstić information content (AvgIpc) is 3.40. The van der Waals surface area contributed by atoms with E-state index in [2.05, 4.69) is 64.4 Å². The van der Waals surface area contributed by atoms with E-state index in [1.54, 1.807) is 13.3 Å². The number of anilines is 2. The molecule has 2 aliphatic rings. The van der Waals surface area contributed by atoms with E-state index < -0.39 is 0 Å². The number of fused-ring (bicyclic) bond motifs is 3. The summed E-state index contributed by atoms with van der Waals surface area (Å²) in [5.41, 5.74) is 6.11. The third-order valence-electron chi connectivity index (χ3n) is 5.28. The van der Waals surface area contributed by atoms with Crippen LogP contribution in [0, 0.1) is 0 Å². The smallest absolute Gasteiger partial charge is 0.119 e. The molecule has 5 rings (SSSR count). The molecule has 2 aromatic carbocycles. The van der Waals surface area contributed by atoms with Crippen LogP contribution in [0.4, 0.5) is 11.4 Å². The fourth-order valence-corrected chi connectivity index (χ4v) is 3.83. The number of hydrogen-bond acceptors (Lipinski definition) is 6. The Balaban J connectivity index is 1.57. The molecule has 0 radical (unpaired) electrons. The van der Waals surface area contributed by atoms with Gasteiger partial charge in [0.1, 0.15) is 23.8 Å². The van der Waals surface area contributed by atoms with E-state index in [-0.39, 0.29) is 0 Å². The summed E-state index contributed by atoms with van der Waals surface area (Å²) in [6, 6.07) is 16.6. The Kier molecular flexibility index (Phi) is 4.08. The predicted molar refractivity (Wildman–Crippen MR) is 114 cm³/mol. The molecule has 0 aliphatic carbocycles. The zero-order chi connectivity index (χ0) is 20.0. The van der Waals surface area contributed by atoms with Crippen LogP contribution in [0.2, 0.25) is 0 Å². The lowest BCUT2D eigenvalue weighted by Crippen LogP contribution is -2.35. The Morgan fingerprint density at radius 3 is 2.48 bits per heavy atom.